The zero-order valence-corrected chi connectivity index (χ0v) is 19.1. The standard InChI is InChI=1S/C25H27N5O3/c1-17-9-10-21(16-23(17)30(32)33)25(31)29-13-11-28(12-14-29)24-22(18(2)26-19(3)27-24)15-20-7-5-4-6-8-20/h4-10,16H,11-15H2,1-3H3. The molecule has 0 unspecified atom stereocenters. The lowest BCUT2D eigenvalue weighted by Gasteiger charge is -2.36. The Hall–Kier alpha value is -3.81. The number of hydrogen-bond acceptors (Lipinski definition) is 6. The number of piperazine rings is 1. The quantitative estimate of drug-likeness (QED) is 0.437. The van der Waals surface area contributed by atoms with Gasteiger partial charge in [-0.15, -0.1) is 0 Å². The molecule has 0 radical (unpaired) electrons. The first kappa shape index (κ1) is 22.4. The zero-order chi connectivity index (χ0) is 23.5. The number of aryl methyl sites for hydroxylation is 3. The van der Waals surface area contributed by atoms with Crippen LogP contribution in [0.25, 0.3) is 0 Å². The number of carbonyl (C=O) groups excluding carboxylic acids is 1. The molecule has 0 saturated carbocycles. The molecule has 0 aliphatic carbocycles. The van der Waals surface area contributed by atoms with Gasteiger partial charge >= 0.3 is 0 Å². The van der Waals surface area contributed by atoms with Crippen molar-refractivity contribution in [2.24, 2.45) is 0 Å². The summed E-state index contributed by atoms with van der Waals surface area (Å²) >= 11 is 0. The fraction of sp³-hybridized carbons (Fsp3) is 0.320. The molecule has 2 aromatic carbocycles. The van der Waals surface area contributed by atoms with Crippen LogP contribution >= 0.6 is 0 Å². The topological polar surface area (TPSA) is 92.5 Å². The molecule has 0 atom stereocenters. The third-order valence-corrected chi connectivity index (χ3v) is 6.05. The van der Waals surface area contributed by atoms with E-state index in [0.29, 0.717) is 37.3 Å². The summed E-state index contributed by atoms with van der Waals surface area (Å²) in [6.07, 6.45) is 0.745. The maximum absolute atomic E-state index is 13.0. The van der Waals surface area contributed by atoms with Gasteiger partial charge in [0.15, 0.2) is 0 Å². The molecule has 33 heavy (non-hydrogen) atoms. The van der Waals surface area contributed by atoms with E-state index in [0.717, 1.165) is 29.3 Å². The van der Waals surface area contributed by atoms with E-state index >= 15 is 0 Å². The van der Waals surface area contributed by atoms with Crippen LogP contribution in [0, 0.1) is 30.9 Å². The average Bonchev–Trinajstić information content (AvgIpc) is 2.81. The van der Waals surface area contributed by atoms with Crippen LogP contribution in [0.1, 0.15) is 38.6 Å². The first-order valence-electron chi connectivity index (χ1n) is 11.0. The summed E-state index contributed by atoms with van der Waals surface area (Å²) in [6.45, 7) is 7.90. The van der Waals surface area contributed by atoms with Gasteiger partial charge in [0.1, 0.15) is 11.6 Å². The molecule has 1 aliphatic rings. The first-order chi connectivity index (χ1) is 15.8. The number of nitro benzene ring substituents is 1. The average molecular weight is 446 g/mol. The second-order valence-corrected chi connectivity index (χ2v) is 8.36. The fourth-order valence-corrected chi connectivity index (χ4v) is 4.23. The normalized spacial score (nSPS) is 13.8. The SMILES string of the molecule is Cc1nc(C)c(Cc2ccccc2)c(N2CCN(C(=O)c3ccc(C)c([N+](=O)[O-])c3)CC2)n1. The van der Waals surface area contributed by atoms with Gasteiger partial charge in [0, 0.05) is 61.1 Å². The summed E-state index contributed by atoms with van der Waals surface area (Å²) in [5.74, 6) is 1.46. The van der Waals surface area contributed by atoms with Gasteiger partial charge in [-0.3, -0.25) is 14.9 Å². The molecule has 1 aromatic heterocycles. The summed E-state index contributed by atoms with van der Waals surface area (Å²) < 4.78 is 0. The Labute approximate surface area is 193 Å². The van der Waals surface area contributed by atoms with Crippen molar-refractivity contribution in [2.75, 3.05) is 31.1 Å². The minimum absolute atomic E-state index is 0.0306. The number of benzene rings is 2. The van der Waals surface area contributed by atoms with Crippen molar-refractivity contribution in [3.05, 3.63) is 92.4 Å². The van der Waals surface area contributed by atoms with E-state index in [-0.39, 0.29) is 11.6 Å². The molecule has 0 spiro atoms. The van der Waals surface area contributed by atoms with E-state index in [9.17, 15) is 14.9 Å². The summed E-state index contributed by atoms with van der Waals surface area (Å²) in [4.78, 5) is 37.1. The van der Waals surface area contributed by atoms with E-state index in [1.807, 2.05) is 32.0 Å². The molecule has 0 N–H and O–H groups in total. The summed E-state index contributed by atoms with van der Waals surface area (Å²) in [5, 5.41) is 11.3. The number of hydrogen-bond donors (Lipinski definition) is 0. The molecule has 8 heteroatoms. The zero-order valence-electron chi connectivity index (χ0n) is 19.1. The Morgan fingerprint density at radius 3 is 2.36 bits per heavy atom. The lowest BCUT2D eigenvalue weighted by molar-refractivity contribution is -0.385. The Morgan fingerprint density at radius 2 is 1.70 bits per heavy atom. The smallest absolute Gasteiger partial charge is 0.273 e. The molecule has 1 saturated heterocycles. The van der Waals surface area contributed by atoms with Gasteiger partial charge in [-0.25, -0.2) is 9.97 Å². The monoisotopic (exact) mass is 445 g/mol. The Morgan fingerprint density at radius 1 is 1.00 bits per heavy atom. The lowest BCUT2D eigenvalue weighted by Crippen LogP contribution is -2.49. The Bertz CT molecular complexity index is 1190. The third kappa shape index (κ3) is 4.84. The van der Waals surface area contributed by atoms with E-state index in [1.54, 1.807) is 24.0 Å². The van der Waals surface area contributed by atoms with Crippen LogP contribution in [0.3, 0.4) is 0 Å². The van der Waals surface area contributed by atoms with Crippen LogP contribution < -0.4 is 4.90 Å². The molecular formula is C25H27N5O3. The third-order valence-electron chi connectivity index (χ3n) is 6.05. The summed E-state index contributed by atoms with van der Waals surface area (Å²) in [6, 6.07) is 14.9. The molecular weight excluding hydrogens is 418 g/mol. The van der Waals surface area contributed by atoms with Crippen LogP contribution in [0.5, 0.6) is 0 Å². The predicted octanol–water partition coefficient (Wildman–Crippen LogP) is 3.86. The highest BCUT2D eigenvalue weighted by Crippen LogP contribution is 2.26. The number of amides is 1. The molecule has 1 aliphatic heterocycles. The number of nitro groups is 1. The van der Waals surface area contributed by atoms with Gasteiger partial charge in [-0.1, -0.05) is 36.4 Å². The maximum Gasteiger partial charge on any atom is 0.273 e. The second-order valence-electron chi connectivity index (χ2n) is 8.36. The van der Waals surface area contributed by atoms with Gasteiger partial charge in [0.25, 0.3) is 11.6 Å². The van der Waals surface area contributed by atoms with Crippen LogP contribution in [0.4, 0.5) is 11.5 Å². The van der Waals surface area contributed by atoms with Gasteiger partial charge in [0.2, 0.25) is 0 Å². The largest absolute Gasteiger partial charge is 0.353 e. The van der Waals surface area contributed by atoms with E-state index in [2.05, 4.69) is 22.0 Å². The maximum atomic E-state index is 13.0. The Balaban J connectivity index is 1.52. The molecule has 1 fully saturated rings. The van der Waals surface area contributed by atoms with E-state index in [4.69, 9.17) is 4.98 Å². The fourth-order valence-electron chi connectivity index (χ4n) is 4.23. The predicted molar refractivity (Wildman–Crippen MR) is 127 cm³/mol. The molecule has 1 amide bonds. The highest BCUT2D eigenvalue weighted by molar-refractivity contribution is 5.95. The van der Waals surface area contributed by atoms with Crippen molar-refractivity contribution < 1.29 is 9.72 Å². The molecule has 0 bridgehead atoms. The lowest BCUT2D eigenvalue weighted by atomic mass is 10.0. The minimum atomic E-state index is -0.446. The molecule has 170 valence electrons. The van der Waals surface area contributed by atoms with Gasteiger partial charge in [-0.05, 0) is 32.4 Å². The number of rotatable bonds is 5. The first-order valence-corrected chi connectivity index (χ1v) is 11.0. The van der Waals surface area contributed by atoms with Crippen molar-refractivity contribution in [3.63, 3.8) is 0 Å². The molecule has 2 heterocycles. The van der Waals surface area contributed by atoms with E-state index < -0.39 is 4.92 Å². The van der Waals surface area contributed by atoms with Crippen LogP contribution in [0.15, 0.2) is 48.5 Å². The molecule has 3 aromatic rings. The summed E-state index contributed by atoms with van der Waals surface area (Å²) in [7, 11) is 0. The van der Waals surface area contributed by atoms with Crippen LogP contribution in [0.2, 0.25) is 0 Å². The van der Waals surface area contributed by atoms with E-state index in [1.165, 1.54) is 11.6 Å². The Kier molecular flexibility index (Phi) is 6.35. The van der Waals surface area contributed by atoms with Gasteiger partial charge in [-0.2, -0.15) is 0 Å². The second kappa shape index (κ2) is 9.36. The van der Waals surface area contributed by atoms with Gasteiger partial charge < -0.3 is 9.80 Å². The van der Waals surface area contributed by atoms with Gasteiger partial charge in [0.05, 0.1) is 4.92 Å². The highest BCUT2D eigenvalue weighted by atomic mass is 16.6. The molecule has 8 nitrogen and oxygen atoms in total. The van der Waals surface area contributed by atoms with Crippen LogP contribution in [-0.4, -0.2) is 51.9 Å². The van der Waals surface area contributed by atoms with Crippen molar-refractivity contribution >= 4 is 17.4 Å². The number of carbonyl (C=O) groups is 1. The van der Waals surface area contributed by atoms with Crippen molar-refractivity contribution in [3.8, 4) is 0 Å². The number of anilines is 1. The minimum Gasteiger partial charge on any atom is -0.353 e. The highest BCUT2D eigenvalue weighted by Gasteiger charge is 2.26. The van der Waals surface area contributed by atoms with Crippen molar-refractivity contribution in [2.45, 2.75) is 27.2 Å². The molecule has 4 rings (SSSR count). The van der Waals surface area contributed by atoms with Crippen molar-refractivity contribution in [1.29, 1.82) is 0 Å². The summed E-state index contributed by atoms with van der Waals surface area (Å²) in [5.41, 5.74) is 4.12. The number of nitrogens with zero attached hydrogens (tertiary/aromatic N) is 5. The van der Waals surface area contributed by atoms with Crippen molar-refractivity contribution in [1.82, 2.24) is 14.9 Å². The number of aromatic nitrogens is 2. The van der Waals surface area contributed by atoms with Crippen LogP contribution in [-0.2, 0) is 6.42 Å².